The molecule has 10 atom stereocenters. The van der Waals surface area contributed by atoms with Crippen LogP contribution in [-0.2, 0) is 74.9 Å². The Hall–Kier alpha value is -6.34. The minimum atomic E-state index is -1.28. The maximum atomic E-state index is 14.5. The van der Waals surface area contributed by atoms with E-state index in [9.17, 15) is 33.9 Å². The number of benzene rings is 4. The smallest absolute Gasteiger partial charge is 0.328 e. The lowest BCUT2D eigenvalue weighted by molar-refractivity contribution is -0.635. The van der Waals surface area contributed by atoms with Crippen molar-refractivity contribution in [3.8, 4) is 5.75 Å². The van der Waals surface area contributed by atoms with Gasteiger partial charge in [0.05, 0.1) is 5.02 Å². The predicted octanol–water partition coefficient (Wildman–Crippen LogP) is 7.97. The third kappa shape index (κ3) is 12.4. The Morgan fingerprint density at radius 1 is 0.775 bits per heavy atom. The Kier molecular flexibility index (Phi) is 18.4. The Morgan fingerprint density at radius 3 is 2.08 bits per heavy atom. The van der Waals surface area contributed by atoms with E-state index in [0.29, 0.717) is 77.0 Å². The molecule has 1 spiro atoms. The van der Waals surface area contributed by atoms with E-state index >= 15 is 0 Å². The number of nitrogens with two attached hydrogens (primary N) is 1. The van der Waals surface area contributed by atoms with Gasteiger partial charge in [-0.1, -0.05) is 97.7 Å². The molecule has 17 nitrogen and oxygen atoms in total. The van der Waals surface area contributed by atoms with Crippen LogP contribution in [0.2, 0.25) is 10.0 Å². The average molecular weight is 1140 g/mol. The van der Waals surface area contributed by atoms with Crippen LogP contribution in [0.15, 0.2) is 91.0 Å². The highest BCUT2D eigenvalue weighted by Gasteiger charge is 2.80. The molecular formula is C61H72Cl2N6O11. The molecule has 4 aromatic rings. The average Bonchev–Trinajstić information content (AvgIpc) is 3.58. The van der Waals surface area contributed by atoms with Crippen molar-refractivity contribution >= 4 is 70.5 Å². The number of nitrogens with one attached hydrogen (secondary N) is 5. The van der Waals surface area contributed by atoms with Crippen molar-refractivity contribution in [3.05, 3.63) is 134 Å². The van der Waals surface area contributed by atoms with E-state index in [0.717, 1.165) is 36.5 Å². The molecule has 1 aliphatic heterocycles. The maximum absolute atomic E-state index is 14.5. The number of rotatable bonds is 25. The molecule has 6 unspecified atom stereocenters. The number of carbonyl (C=O) groups excluding carboxylic acids is 5. The molecule has 5 amide bonds. The number of unbranched alkanes of at least 4 members (excludes halogenated alkanes) is 1. The molecule has 80 heavy (non-hydrogen) atoms. The molecular weight excluding hydrogens is 1060 g/mol. The zero-order chi connectivity index (χ0) is 56.9. The van der Waals surface area contributed by atoms with Crippen LogP contribution in [0.4, 0.5) is 5.69 Å². The second-order valence-electron chi connectivity index (χ2n) is 22.7. The van der Waals surface area contributed by atoms with Crippen molar-refractivity contribution in [1.82, 2.24) is 21.3 Å². The lowest BCUT2D eigenvalue weighted by atomic mass is 9.65. The molecule has 10 rings (SSSR count). The van der Waals surface area contributed by atoms with Crippen molar-refractivity contribution in [2.24, 2.45) is 41.2 Å². The number of amides is 5. The molecule has 8 N–H and O–H groups in total. The molecule has 4 bridgehead atoms. The summed E-state index contributed by atoms with van der Waals surface area (Å²) in [6.07, 6.45) is 9.36. The highest BCUT2D eigenvalue weighted by Crippen LogP contribution is 2.73. The lowest BCUT2D eigenvalue weighted by Gasteiger charge is -2.60. The summed E-state index contributed by atoms with van der Waals surface area (Å²) >= 11 is 13.5. The van der Waals surface area contributed by atoms with Crippen LogP contribution in [0, 0.1) is 35.5 Å². The monoisotopic (exact) mass is 1130 g/mol. The van der Waals surface area contributed by atoms with E-state index in [4.69, 9.17) is 48.2 Å². The zero-order valence-corrected chi connectivity index (χ0v) is 47.1. The summed E-state index contributed by atoms with van der Waals surface area (Å²) in [6, 6.07) is 21.0. The number of hydrogen-bond donors (Lipinski definition) is 7. The van der Waals surface area contributed by atoms with Gasteiger partial charge in [-0.2, -0.15) is 4.89 Å². The first-order valence-corrected chi connectivity index (χ1v) is 28.5. The SMILES string of the molecule is COC1(c2ccc(/C=C/C(=O)O)c(OCc3ccc(NC(=O)[C@H](CC(C)C)NC(=O)[C@H](CCCCN)NC(=O)[C@H](Cc4ccc(Cl)cc4)NC(=O)[C@@H](NC(C)=O)C4Cc5ccccc5C4)cc3)c2Cl)OOC12C1CC3CC(C1)C2C3. The lowest BCUT2D eigenvalue weighted by Crippen LogP contribution is -2.71. The van der Waals surface area contributed by atoms with Crippen LogP contribution < -0.4 is 37.1 Å². The van der Waals surface area contributed by atoms with E-state index in [-0.39, 0.29) is 60.3 Å². The van der Waals surface area contributed by atoms with E-state index in [1.807, 2.05) is 38.1 Å². The summed E-state index contributed by atoms with van der Waals surface area (Å²) in [5.41, 5.74) is 10.1. The maximum Gasteiger partial charge on any atom is 0.328 e. The van der Waals surface area contributed by atoms with Crippen molar-refractivity contribution < 1.29 is 53.1 Å². The number of fused-ring (bicyclic) bond motifs is 1. The molecule has 1 heterocycles. The fourth-order valence-corrected chi connectivity index (χ4v) is 13.7. The molecule has 6 aliphatic rings. The molecule has 5 aliphatic carbocycles. The number of anilines is 1. The number of methoxy groups -OCH3 is 1. The number of ether oxygens (including phenoxy) is 2. The Balaban J connectivity index is 0.880. The highest BCUT2D eigenvalue weighted by molar-refractivity contribution is 6.33. The largest absolute Gasteiger partial charge is 0.487 e. The van der Waals surface area contributed by atoms with Gasteiger partial charge in [-0.05, 0) is 153 Å². The first-order valence-electron chi connectivity index (χ1n) is 27.8. The first-order chi connectivity index (χ1) is 38.4. The van der Waals surface area contributed by atoms with Gasteiger partial charge < -0.3 is 46.9 Å². The summed E-state index contributed by atoms with van der Waals surface area (Å²) in [5.74, 6) is -3.44. The van der Waals surface area contributed by atoms with Crippen molar-refractivity contribution in [3.63, 3.8) is 0 Å². The first kappa shape index (κ1) is 58.3. The molecule has 19 heteroatoms. The van der Waals surface area contributed by atoms with Gasteiger partial charge in [-0.25, -0.2) is 9.68 Å². The number of aliphatic carboxylic acids is 1. The number of carboxylic acid groups (broad SMARTS) is 1. The van der Waals surface area contributed by atoms with Crippen molar-refractivity contribution in [1.29, 1.82) is 0 Å². The highest BCUT2D eigenvalue weighted by atomic mass is 35.5. The molecule has 5 fully saturated rings. The quantitative estimate of drug-likeness (QED) is 0.0190. The second kappa shape index (κ2) is 25.2. The van der Waals surface area contributed by atoms with E-state index in [2.05, 4.69) is 26.6 Å². The standard InChI is InChI=1S/C61H72Cl2N6O11/c1-34(2)25-50(68-56(73)49(11-7-8-24-64)67-58(75)51(29-36-12-18-45(62)19-13-36)69-59(76)54(65-35(3)70)43-30-40-9-5-6-10-41(40)31-43)57(74)66-46-20-14-37(15-21-46)33-78-55-39(17-23-52(71)72)16-22-47(53(55)63)61(77-4)60(79-80-61)44-27-38-26-42(32-44)48(60)28-38/h5-6,9-10,12-23,34,38,42-44,48-51,54H,7-8,11,24-33,64H2,1-4H3,(H,65,70)(H,66,74)(H,67,75)(H,68,73)(H,69,76)(H,71,72)/b23-17+/t38?,42?,44?,48?,49-,50-,51-,54-,60?,61?/m0/s1. The molecule has 0 aromatic heterocycles. The molecule has 4 saturated carbocycles. The summed E-state index contributed by atoms with van der Waals surface area (Å²) < 4.78 is 12.7. The number of halogens is 2. The number of carbonyl (C=O) groups is 6. The van der Waals surface area contributed by atoms with Gasteiger partial charge in [-0.3, -0.25) is 24.0 Å². The predicted molar refractivity (Wildman–Crippen MR) is 302 cm³/mol. The van der Waals surface area contributed by atoms with Crippen LogP contribution in [-0.4, -0.2) is 84.0 Å². The van der Waals surface area contributed by atoms with E-state index in [1.54, 1.807) is 67.8 Å². The second-order valence-corrected chi connectivity index (χ2v) is 23.5. The van der Waals surface area contributed by atoms with Gasteiger partial charge in [0, 0.05) is 54.3 Å². The minimum absolute atomic E-state index is 0.0154. The van der Waals surface area contributed by atoms with Crippen LogP contribution >= 0.6 is 23.2 Å². The van der Waals surface area contributed by atoms with E-state index < -0.39 is 71.1 Å². The molecule has 1 saturated heterocycles. The molecule has 4 aromatic carbocycles. The number of hydrogen-bond acceptors (Lipinski definition) is 11. The minimum Gasteiger partial charge on any atom is -0.487 e. The summed E-state index contributed by atoms with van der Waals surface area (Å²) in [6.45, 7) is 5.57. The van der Waals surface area contributed by atoms with Crippen LogP contribution in [0.25, 0.3) is 6.08 Å². The fourth-order valence-electron chi connectivity index (χ4n) is 13.3. The Bertz CT molecular complexity index is 2940. The van der Waals surface area contributed by atoms with Gasteiger partial charge in [0.15, 0.2) is 5.60 Å². The van der Waals surface area contributed by atoms with Crippen LogP contribution in [0.5, 0.6) is 5.75 Å². The Morgan fingerprint density at radius 2 is 1.45 bits per heavy atom. The van der Waals surface area contributed by atoms with Gasteiger partial charge >= 0.3 is 5.97 Å². The topological polar surface area (TPSA) is 246 Å². The van der Waals surface area contributed by atoms with Crippen LogP contribution in [0.3, 0.4) is 0 Å². The summed E-state index contributed by atoms with van der Waals surface area (Å²) in [7, 11) is 1.59. The third-order valence-electron chi connectivity index (χ3n) is 16.8. The zero-order valence-electron chi connectivity index (χ0n) is 45.6. The third-order valence-corrected chi connectivity index (χ3v) is 17.5. The van der Waals surface area contributed by atoms with Gasteiger partial charge in [0.25, 0.3) is 5.79 Å². The van der Waals surface area contributed by atoms with Crippen LogP contribution in [0.1, 0.15) is 106 Å². The molecule has 426 valence electrons. The Labute approximate surface area is 476 Å². The van der Waals surface area contributed by atoms with Gasteiger partial charge in [-0.15, -0.1) is 0 Å². The van der Waals surface area contributed by atoms with Crippen molar-refractivity contribution in [2.75, 3.05) is 19.0 Å². The van der Waals surface area contributed by atoms with E-state index in [1.165, 1.54) is 19.4 Å². The summed E-state index contributed by atoms with van der Waals surface area (Å²) in [5, 5.41) is 24.7. The molecule has 0 radical (unpaired) electrons. The fraction of sp³-hybridized carbons (Fsp3) is 0.475. The van der Waals surface area contributed by atoms with Gasteiger partial charge in [0.1, 0.15) is 36.5 Å². The van der Waals surface area contributed by atoms with Crippen molar-refractivity contribution in [2.45, 2.75) is 134 Å². The number of carboxylic acids is 1. The summed E-state index contributed by atoms with van der Waals surface area (Å²) in [4.78, 5) is 93.7. The van der Waals surface area contributed by atoms with Gasteiger partial charge in [0.2, 0.25) is 29.5 Å². The normalized spacial score (nSPS) is 23.9.